The van der Waals surface area contributed by atoms with Crippen LogP contribution in [0.4, 0.5) is 0 Å². The van der Waals surface area contributed by atoms with Crippen molar-refractivity contribution in [3.63, 3.8) is 0 Å². The van der Waals surface area contributed by atoms with E-state index in [9.17, 15) is 0 Å². The van der Waals surface area contributed by atoms with Crippen LogP contribution in [-0.4, -0.2) is 56.5 Å². The zero-order valence-corrected chi connectivity index (χ0v) is 9.53. The topological polar surface area (TPSA) is 36.5 Å². The summed E-state index contributed by atoms with van der Waals surface area (Å²) in [4.78, 5) is 2.21. The number of hydrogen-bond donors (Lipinski definition) is 2. The van der Waals surface area contributed by atoms with Crippen molar-refractivity contribution in [2.75, 3.05) is 46.4 Å². The summed E-state index contributed by atoms with van der Waals surface area (Å²) in [6.07, 6.45) is 1.00. The largest absolute Gasteiger partial charge is 0.385 e. The van der Waals surface area contributed by atoms with Crippen molar-refractivity contribution in [3.05, 3.63) is 0 Å². The highest BCUT2D eigenvalue weighted by Crippen LogP contribution is 1.93. The molecule has 0 aromatic carbocycles. The second kappa shape index (κ2) is 6.98. The van der Waals surface area contributed by atoms with E-state index in [0.717, 1.165) is 50.9 Å². The fraction of sp³-hybridized carbons (Fsp3) is 0.889. The van der Waals surface area contributed by atoms with Gasteiger partial charge in [0.15, 0.2) is 5.11 Å². The van der Waals surface area contributed by atoms with Crippen LogP contribution in [0, 0.1) is 0 Å². The van der Waals surface area contributed by atoms with E-state index >= 15 is 0 Å². The average molecular weight is 217 g/mol. The summed E-state index contributed by atoms with van der Waals surface area (Å²) in [6, 6.07) is 0. The standard InChI is InChI=1S/C9H19N3OS/c1-13-8-2-3-11-9(14)12-6-4-10-5-7-12/h10H,2-8H2,1H3,(H,11,14). The average Bonchev–Trinajstić information content (AvgIpc) is 2.25. The first-order valence-electron chi connectivity index (χ1n) is 5.07. The van der Waals surface area contributed by atoms with Crippen LogP contribution >= 0.6 is 12.2 Å². The van der Waals surface area contributed by atoms with E-state index in [1.165, 1.54) is 0 Å². The molecule has 5 heteroatoms. The molecule has 1 saturated heterocycles. The SMILES string of the molecule is COCCCNC(=S)N1CCNCC1. The summed E-state index contributed by atoms with van der Waals surface area (Å²) in [5.41, 5.74) is 0. The Morgan fingerprint density at radius 3 is 2.86 bits per heavy atom. The monoisotopic (exact) mass is 217 g/mol. The summed E-state index contributed by atoms with van der Waals surface area (Å²) >= 11 is 5.27. The number of piperazine rings is 1. The van der Waals surface area contributed by atoms with Crippen LogP contribution in [0.3, 0.4) is 0 Å². The Hall–Kier alpha value is -0.390. The second-order valence-corrected chi connectivity index (χ2v) is 3.70. The lowest BCUT2D eigenvalue weighted by atomic mass is 10.4. The van der Waals surface area contributed by atoms with Crippen LogP contribution in [0.5, 0.6) is 0 Å². The smallest absolute Gasteiger partial charge is 0.169 e. The maximum atomic E-state index is 5.27. The van der Waals surface area contributed by atoms with Gasteiger partial charge in [-0.15, -0.1) is 0 Å². The predicted octanol–water partition coefficient (Wildman–Crippen LogP) is -0.197. The number of nitrogens with one attached hydrogen (secondary N) is 2. The summed E-state index contributed by atoms with van der Waals surface area (Å²) in [6.45, 7) is 5.76. The molecule has 82 valence electrons. The van der Waals surface area contributed by atoms with Crippen LogP contribution in [0.2, 0.25) is 0 Å². The molecule has 0 bridgehead atoms. The molecule has 0 spiro atoms. The number of rotatable bonds is 4. The minimum atomic E-state index is 0.789. The first kappa shape index (κ1) is 11.7. The van der Waals surface area contributed by atoms with Gasteiger partial charge in [0, 0.05) is 46.4 Å². The Morgan fingerprint density at radius 1 is 1.50 bits per heavy atom. The van der Waals surface area contributed by atoms with Gasteiger partial charge in [0.05, 0.1) is 0 Å². The molecule has 0 aromatic rings. The quantitative estimate of drug-likeness (QED) is 0.504. The molecule has 0 aromatic heterocycles. The number of hydrogen-bond acceptors (Lipinski definition) is 3. The van der Waals surface area contributed by atoms with E-state index in [1.807, 2.05) is 0 Å². The van der Waals surface area contributed by atoms with Crippen molar-refractivity contribution in [3.8, 4) is 0 Å². The van der Waals surface area contributed by atoms with Crippen molar-refractivity contribution in [1.29, 1.82) is 0 Å². The third-order valence-corrected chi connectivity index (χ3v) is 2.61. The van der Waals surface area contributed by atoms with Gasteiger partial charge >= 0.3 is 0 Å². The maximum Gasteiger partial charge on any atom is 0.169 e. The van der Waals surface area contributed by atoms with Crippen molar-refractivity contribution in [2.45, 2.75) is 6.42 Å². The van der Waals surface area contributed by atoms with Crippen molar-refractivity contribution in [2.24, 2.45) is 0 Å². The fourth-order valence-corrected chi connectivity index (χ4v) is 1.68. The molecule has 1 aliphatic rings. The lowest BCUT2D eigenvalue weighted by molar-refractivity contribution is 0.195. The fourth-order valence-electron chi connectivity index (χ4n) is 1.39. The number of thiocarbonyl (C=S) groups is 1. The number of nitrogens with zero attached hydrogens (tertiary/aromatic N) is 1. The lowest BCUT2D eigenvalue weighted by Crippen LogP contribution is -2.50. The Bertz CT molecular complexity index is 171. The van der Waals surface area contributed by atoms with E-state index in [-0.39, 0.29) is 0 Å². The predicted molar refractivity (Wildman–Crippen MR) is 61.5 cm³/mol. The van der Waals surface area contributed by atoms with Crippen LogP contribution in [0.25, 0.3) is 0 Å². The molecule has 0 radical (unpaired) electrons. The Morgan fingerprint density at radius 2 is 2.21 bits per heavy atom. The minimum absolute atomic E-state index is 0.789. The van der Waals surface area contributed by atoms with Gasteiger partial charge in [-0.05, 0) is 18.6 Å². The van der Waals surface area contributed by atoms with Crippen molar-refractivity contribution >= 4 is 17.3 Å². The van der Waals surface area contributed by atoms with E-state index in [0.29, 0.717) is 0 Å². The lowest BCUT2D eigenvalue weighted by Gasteiger charge is -2.29. The highest BCUT2D eigenvalue weighted by Gasteiger charge is 2.11. The Balaban J connectivity index is 2.07. The normalized spacial score (nSPS) is 16.8. The number of ether oxygens (including phenoxy) is 1. The van der Waals surface area contributed by atoms with E-state index < -0.39 is 0 Å². The summed E-state index contributed by atoms with van der Waals surface area (Å²) in [5, 5.41) is 7.41. The molecule has 4 nitrogen and oxygen atoms in total. The molecular weight excluding hydrogens is 198 g/mol. The van der Waals surface area contributed by atoms with Crippen LogP contribution in [0.15, 0.2) is 0 Å². The van der Waals surface area contributed by atoms with Crippen LogP contribution < -0.4 is 10.6 Å². The molecule has 1 heterocycles. The highest BCUT2D eigenvalue weighted by atomic mass is 32.1. The maximum absolute atomic E-state index is 5.27. The van der Waals surface area contributed by atoms with Crippen molar-refractivity contribution in [1.82, 2.24) is 15.5 Å². The number of methoxy groups -OCH3 is 1. The molecule has 14 heavy (non-hydrogen) atoms. The third-order valence-electron chi connectivity index (χ3n) is 2.21. The van der Waals surface area contributed by atoms with E-state index in [4.69, 9.17) is 17.0 Å². The first-order valence-corrected chi connectivity index (χ1v) is 5.48. The van der Waals surface area contributed by atoms with Gasteiger partial charge in [-0.25, -0.2) is 0 Å². The molecule has 0 amide bonds. The Kier molecular flexibility index (Phi) is 5.82. The molecule has 0 saturated carbocycles. The molecule has 1 rings (SSSR count). The summed E-state index contributed by atoms with van der Waals surface area (Å²) < 4.78 is 4.96. The van der Waals surface area contributed by atoms with Crippen LogP contribution in [-0.2, 0) is 4.74 Å². The molecule has 0 atom stereocenters. The molecule has 1 aliphatic heterocycles. The summed E-state index contributed by atoms with van der Waals surface area (Å²) in [7, 11) is 1.72. The van der Waals surface area contributed by atoms with E-state index in [1.54, 1.807) is 7.11 Å². The zero-order chi connectivity index (χ0) is 10.2. The van der Waals surface area contributed by atoms with Gasteiger partial charge in [0.1, 0.15) is 0 Å². The first-order chi connectivity index (χ1) is 6.84. The molecule has 2 N–H and O–H groups in total. The third kappa shape index (κ3) is 4.21. The van der Waals surface area contributed by atoms with Crippen molar-refractivity contribution < 1.29 is 4.74 Å². The second-order valence-electron chi connectivity index (χ2n) is 3.32. The van der Waals surface area contributed by atoms with Gasteiger partial charge in [-0.1, -0.05) is 0 Å². The zero-order valence-electron chi connectivity index (χ0n) is 8.71. The molecule has 0 unspecified atom stereocenters. The highest BCUT2D eigenvalue weighted by molar-refractivity contribution is 7.80. The molecule has 1 fully saturated rings. The molecule has 0 aliphatic carbocycles. The van der Waals surface area contributed by atoms with Gasteiger partial charge < -0.3 is 20.3 Å². The van der Waals surface area contributed by atoms with Gasteiger partial charge in [-0.2, -0.15) is 0 Å². The Labute approximate surface area is 91.0 Å². The van der Waals surface area contributed by atoms with Gasteiger partial charge in [-0.3, -0.25) is 0 Å². The van der Waals surface area contributed by atoms with Crippen LogP contribution in [0.1, 0.15) is 6.42 Å². The molecular formula is C9H19N3OS. The van der Waals surface area contributed by atoms with Gasteiger partial charge in [0.25, 0.3) is 0 Å². The van der Waals surface area contributed by atoms with Gasteiger partial charge in [0.2, 0.25) is 0 Å². The summed E-state index contributed by atoms with van der Waals surface area (Å²) in [5.74, 6) is 0. The van der Waals surface area contributed by atoms with E-state index in [2.05, 4.69) is 15.5 Å². The minimum Gasteiger partial charge on any atom is -0.385 e.